The standard InChI is InChI=1S/C14H21N/c1-3-12-8-6-7-11(2)14(12)15-13-9-4-5-10-13/h6-8,13,15H,3-5,9-10H2,1-2H3. The van der Waals surface area contributed by atoms with Gasteiger partial charge in [0.2, 0.25) is 0 Å². The van der Waals surface area contributed by atoms with Crippen LogP contribution in [0.5, 0.6) is 0 Å². The predicted molar refractivity (Wildman–Crippen MR) is 66.4 cm³/mol. The first-order valence-electron chi connectivity index (χ1n) is 6.16. The maximum atomic E-state index is 3.73. The van der Waals surface area contributed by atoms with Gasteiger partial charge in [-0.15, -0.1) is 0 Å². The number of aryl methyl sites for hydroxylation is 2. The van der Waals surface area contributed by atoms with Gasteiger partial charge in [-0.3, -0.25) is 0 Å². The van der Waals surface area contributed by atoms with E-state index in [1.54, 1.807) is 0 Å². The minimum absolute atomic E-state index is 0.719. The fraction of sp³-hybridized carbons (Fsp3) is 0.571. The molecular weight excluding hydrogens is 182 g/mol. The summed E-state index contributed by atoms with van der Waals surface area (Å²) in [5, 5.41) is 3.73. The van der Waals surface area contributed by atoms with Crippen LogP contribution in [0.1, 0.15) is 43.7 Å². The van der Waals surface area contributed by atoms with Crippen molar-refractivity contribution >= 4 is 5.69 Å². The second-order valence-electron chi connectivity index (χ2n) is 4.59. The molecule has 1 fully saturated rings. The highest BCUT2D eigenvalue weighted by atomic mass is 14.9. The molecule has 15 heavy (non-hydrogen) atoms. The molecule has 0 atom stereocenters. The number of rotatable bonds is 3. The van der Waals surface area contributed by atoms with Gasteiger partial charge in [-0.2, -0.15) is 0 Å². The lowest BCUT2D eigenvalue weighted by Crippen LogP contribution is -2.16. The maximum Gasteiger partial charge on any atom is 0.0404 e. The molecule has 1 aromatic rings. The number of hydrogen-bond donors (Lipinski definition) is 1. The molecule has 0 saturated heterocycles. The summed E-state index contributed by atoms with van der Waals surface area (Å²) in [7, 11) is 0. The predicted octanol–water partition coefficient (Wildman–Crippen LogP) is 3.91. The Balaban J connectivity index is 2.17. The molecule has 1 saturated carbocycles. The monoisotopic (exact) mass is 203 g/mol. The van der Waals surface area contributed by atoms with Gasteiger partial charge in [-0.05, 0) is 37.3 Å². The Kier molecular flexibility index (Phi) is 3.30. The van der Waals surface area contributed by atoms with E-state index in [2.05, 4.69) is 37.4 Å². The van der Waals surface area contributed by atoms with Crippen molar-refractivity contribution in [2.45, 2.75) is 52.0 Å². The Morgan fingerprint density at radius 1 is 1.27 bits per heavy atom. The summed E-state index contributed by atoms with van der Waals surface area (Å²) in [5.41, 5.74) is 4.25. The van der Waals surface area contributed by atoms with Crippen molar-refractivity contribution in [2.75, 3.05) is 5.32 Å². The van der Waals surface area contributed by atoms with Crippen molar-refractivity contribution in [3.05, 3.63) is 29.3 Å². The van der Waals surface area contributed by atoms with Crippen LogP contribution >= 0.6 is 0 Å². The van der Waals surface area contributed by atoms with Crippen molar-refractivity contribution in [1.29, 1.82) is 0 Å². The van der Waals surface area contributed by atoms with Crippen LogP contribution in [-0.4, -0.2) is 6.04 Å². The summed E-state index contributed by atoms with van der Waals surface area (Å²) in [4.78, 5) is 0. The molecular formula is C14H21N. The normalized spacial score (nSPS) is 16.9. The fourth-order valence-electron chi connectivity index (χ4n) is 2.50. The summed E-state index contributed by atoms with van der Waals surface area (Å²) < 4.78 is 0. The summed E-state index contributed by atoms with van der Waals surface area (Å²) in [6.07, 6.45) is 6.60. The van der Waals surface area contributed by atoms with Gasteiger partial charge >= 0.3 is 0 Å². The fourth-order valence-corrected chi connectivity index (χ4v) is 2.50. The SMILES string of the molecule is CCc1cccc(C)c1NC1CCCC1. The van der Waals surface area contributed by atoms with Gasteiger partial charge in [-0.1, -0.05) is 38.0 Å². The van der Waals surface area contributed by atoms with Gasteiger partial charge in [-0.25, -0.2) is 0 Å². The third-order valence-electron chi connectivity index (χ3n) is 3.44. The molecule has 1 N–H and O–H groups in total. The molecule has 1 nitrogen and oxygen atoms in total. The number of nitrogens with one attached hydrogen (secondary N) is 1. The second kappa shape index (κ2) is 4.69. The molecule has 0 spiro atoms. The van der Waals surface area contributed by atoms with Gasteiger partial charge < -0.3 is 5.32 Å². The molecule has 0 aliphatic heterocycles. The Morgan fingerprint density at radius 3 is 2.67 bits per heavy atom. The van der Waals surface area contributed by atoms with Crippen LogP contribution in [0.3, 0.4) is 0 Å². The smallest absolute Gasteiger partial charge is 0.0404 e. The highest BCUT2D eigenvalue weighted by Crippen LogP contribution is 2.27. The molecule has 2 rings (SSSR count). The number of benzene rings is 1. The lowest BCUT2D eigenvalue weighted by molar-refractivity contribution is 0.752. The van der Waals surface area contributed by atoms with Crippen molar-refractivity contribution in [3.63, 3.8) is 0 Å². The molecule has 0 aromatic heterocycles. The first-order valence-corrected chi connectivity index (χ1v) is 6.16. The minimum Gasteiger partial charge on any atom is -0.382 e. The Morgan fingerprint density at radius 2 is 2.00 bits per heavy atom. The highest BCUT2D eigenvalue weighted by Gasteiger charge is 2.16. The molecule has 1 aromatic carbocycles. The van der Waals surface area contributed by atoms with E-state index in [0.717, 1.165) is 12.5 Å². The summed E-state index contributed by atoms with van der Waals surface area (Å²) in [5.74, 6) is 0. The first-order chi connectivity index (χ1) is 7.31. The van der Waals surface area contributed by atoms with E-state index in [0.29, 0.717) is 0 Å². The van der Waals surface area contributed by atoms with Gasteiger partial charge in [0.05, 0.1) is 0 Å². The number of hydrogen-bond acceptors (Lipinski definition) is 1. The van der Waals surface area contributed by atoms with Crippen LogP contribution < -0.4 is 5.32 Å². The Bertz CT molecular complexity index is 324. The Labute approximate surface area is 92.9 Å². The summed E-state index contributed by atoms with van der Waals surface area (Å²) in [6, 6.07) is 7.32. The lowest BCUT2D eigenvalue weighted by Gasteiger charge is -2.18. The molecule has 82 valence electrons. The number of para-hydroxylation sites is 1. The van der Waals surface area contributed by atoms with Gasteiger partial charge in [0.25, 0.3) is 0 Å². The Hall–Kier alpha value is -0.980. The van der Waals surface area contributed by atoms with E-state index < -0.39 is 0 Å². The van der Waals surface area contributed by atoms with E-state index >= 15 is 0 Å². The maximum absolute atomic E-state index is 3.73. The van der Waals surface area contributed by atoms with Crippen LogP contribution in [0.15, 0.2) is 18.2 Å². The highest BCUT2D eigenvalue weighted by molar-refractivity contribution is 5.57. The molecule has 0 unspecified atom stereocenters. The van der Waals surface area contributed by atoms with E-state index in [1.807, 2.05) is 0 Å². The molecule has 1 aliphatic carbocycles. The van der Waals surface area contributed by atoms with E-state index in [9.17, 15) is 0 Å². The molecule has 0 amide bonds. The summed E-state index contributed by atoms with van der Waals surface area (Å²) in [6.45, 7) is 4.44. The third-order valence-corrected chi connectivity index (χ3v) is 3.44. The van der Waals surface area contributed by atoms with Crippen LogP contribution in [0.25, 0.3) is 0 Å². The topological polar surface area (TPSA) is 12.0 Å². The zero-order valence-electron chi connectivity index (χ0n) is 9.84. The first kappa shape index (κ1) is 10.5. The van der Waals surface area contributed by atoms with Crippen molar-refractivity contribution < 1.29 is 0 Å². The van der Waals surface area contributed by atoms with E-state index in [-0.39, 0.29) is 0 Å². The van der Waals surface area contributed by atoms with Crippen molar-refractivity contribution in [1.82, 2.24) is 0 Å². The van der Waals surface area contributed by atoms with Crippen LogP contribution in [0.2, 0.25) is 0 Å². The van der Waals surface area contributed by atoms with Crippen LogP contribution in [-0.2, 0) is 6.42 Å². The zero-order valence-corrected chi connectivity index (χ0v) is 9.84. The van der Waals surface area contributed by atoms with Crippen molar-refractivity contribution in [2.24, 2.45) is 0 Å². The van der Waals surface area contributed by atoms with Gasteiger partial charge in [0, 0.05) is 11.7 Å². The largest absolute Gasteiger partial charge is 0.382 e. The van der Waals surface area contributed by atoms with Gasteiger partial charge in [0.15, 0.2) is 0 Å². The lowest BCUT2D eigenvalue weighted by atomic mass is 10.0. The average molecular weight is 203 g/mol. The molecule has 1 aliphatic rings. The molecule has 0 bridgehead atoms. The molecule has 1 heteroatoms. The average Bonchev–Trinajstić information content (AvgIpc) is 2.74. The van der Waals surface area contributed by atoms with Crippen molar-refractivity contribution in [3.8, 4) is 0 Å². The summed E-state index contributed by atoms with van der Waals surface area (Å²) >= 11 is 0. The van der Waals surface area contributed by atoms with Gasteiger partial charge in [0.1, 0.15) is 0 Å². The third kappa shape index (κ3) is 2.34. The molecule has 0 radical (unpaired) electrons. The van der Waals surface area contributed by atoms with E-state index in [4.69, 9.17) is 0 Å². The van der Waals surface area contributed by atoms with Crippen LogP contribution in [0.4, 0.5) is 5.69 Å². The second-order valence-corrected chi connectivity index (χ2v) is 4.59. The van der Waals surface area contributed by atoms with Crippen LogP contribution in [0, 0.1) is 6.92 Å². The molecule has 0 heterocycles. The minimum atomic E-state index is 0.719. The quantitative estimate of drug-likeness (QED) is 0.785. The van der Waals surface area contributed by atoms with E-state index in [1.165, 1.54) is 42.5 Å². The number of anilines is 1. The zero-order chi connectivity index (χ0) is 10.7.